The third kappa shape index (κ3) is 5.04. The van der Waals surface area contributed by atoms with Gasteiger partial charge in [0.15, 0.2) is 0 Å². The van der Waals surface area contributed by atoms with Crippen LogP contribution in [-0.4, -0.2) is 24.2 Å². The second-order valence-electron chi connectivity index (χ2n) is 7.18. The molecule has 3 aromatic carbocycles. The molecule has 9 heteroatoms. The minimum absolute atomic E-state index is 0.146. The van der Waals surface area contributed by atoms with Gasteiger partial charge in [-0.25, -0.2) is 4.98 Å². The molecule has 0 aliphatic carbocycles. The Hall–Kier alpha value is -3.72. The molecule has 168 valence electrons. The molecule has 0 spiro atoms. The lowest BCUT2D eigenvalue weighted by Gasteiger charge is -2.15. The number of fused-ring (bicyclic) bond motifs is 1. The number of amides is 1. The van der Waals surface area contributed by atoms with Crippen molar-refractivity contribution in [1.82, 2.24) is 4.98 Å². The highest BCUT2D eigenvalue weighted by molar-refractivity contribution is 7.22. The highest BCUT2D eigenvalue weighted by Gasteiger charge is 2.32. The van der Waals surface area contributed by atoms with Crippen LogP contribution in [0.2, 0.25) is 0 Å². The number of alkyl halides is 3. The molecule has 5 nitrogen and oxygen atoms in total. The van der Waals surface area contributed by atoms with E-state index in [0.717, 1.165) is 27.4 Å². The van der Waals surface area contributed by atoms with Gasteiger partial charge in [0.1, 0.15) is 5.75 Å². The minimum Gasteiger partial charge on any atom is -0.497 e. The molecule has 0 aliphatic rings. The Morgan fingerprint density at radius 3 is 2.55 bits per heavy atom. The number of benzene rings is 3. The van der Waals surface area contributed by atoms with Gasteiger partial charge in [-0.2, -0.15) is 23.3 Å². The summed E-state index contributed by atoms with van der Waals surface area (Å²) in [5.74, 6) is -0.0627. The van der Waals surface area contributed by atoms with Gasteiger partial charge in [-0.1, -0.05) is 23.5 Å². The molecule has 0 aliphatic heterocycles. The first-order valence-corrected chi connectivity index (χ1v) is 10.6. The first-order chi connectivity index (χ1) is 15.7. The van der Waals surface area contributed by atoms with Crippen LogP contribution in [0.15, 0.2) is 71.8 Å². The number of hydrogen-bond donors (Lipinski definition) is 0. The van der Waals surface area contributed by atoms with Gasteiger partial charge in [-0.3, -0.25) is 4.79 Å². The van der Waals surface area contributed by atoms with E-state index in [1.807, 2.05) is 25.1 Å². The number of carbonyl (C=O) groups excluding carboxylic acids is 1. The topological polar surface area (TPSA) is 54.8 Å². The van der Waals surface area contributed by atoms with Crippen LogP contribution in [0.4, 0.5) is 18.3 Å². The van der Waals surface area contributed by atoms with Gasteiger partial charge in [0.05, 0.1) is 29.1 Å². The van der Waals surface area contributed by atoms with Gasteiger partial charge in [0.2, 0.25) is 5.13 Å². The molecule has 0 atom stereocenters. The first kappa shape index (κ1) is 22.5. The second-order valence-corrected chi connectivity index (χ2v) is 8.19. The van der Waals surface area contributed by atoms with Crippen LogP contribution in [0, 0.1) is 6.92 Å². The lowest BCUT2D eigenvalue weighted by Crippen LogP contribution is -2.26. The number of nitrogens with zero attached hydrogens (tertiary/aromatic N) is 3. The fourth-order valence-corrected chi connectivity index (χ4v) is 4.08. The van der Waals surface area contributed by atoms with E-state index in [1.165, 1.54) is 29.7 Å². The van der Waals surface area contributed by atoms with Crippen LogP contribution in [0.3, 0.4) is 0 Å². The van der Waals surface area contributed by atoms with Gasteiger partial charge in [-0.05, 0) is 72.6 Å². The molecular weight excluding hydrogens is 451 g/mol. The quantitative estimate of drug-likeness (QED) is 0.254. The van der Waals surface area contributed by atoms with Crippen molar-refractivity contribution in [2.75, 3.05) is 12.1 Å². The van der Waals surface area contributed by atoms with Gasteiger partial charge in [0, 0.05) is 5.56 Å². The minimum atomic E-state index is -4.57. The van der Waals surface area contributed by atoms with Gasteiger partial charge in [0.25, 0.3) is 5.91 Å². The van der Waals surface area contributed by atoms with Crippen molar-refractivity contribution in [2.45, 2.75) is 13.1 Å². The average molecular weight is 469 g/mol. The number of hydrogen-bond acceptors (Lipinski definition) is 5. The van der Waals surface area contributed by atoms with E-state index in [1.54, 1.807) is 31.4 Å². The van der Waals surface area contributed by atoms with Crippen molar-refractivity contribution in [3.8, 4) is 5.75 Å². The number of thiazole rings is 1. The van der Waals surface area contributed by atoms with Crippen molar-refractivity contribution in [3.05, 3.63) is 89.0 Å². The predicted octanol–water partition coefficient (Wildman–Crippen LogP) is 6.31. The van der Waals surface area contributed by atoms with E-state index in [9.17, 15) is 18.0 Å². The molecule has 0 fully saturated rings. The molecule has 33 heavy (non-hydrogen) atoms. The molecule has 0 saturated heterocycles. The summed E-state index contributed by atoms with van der Waals surface area (Å²) in [6, 6.07) is 16.9. The van der Waals surface area contributed by atoms with E-state index in [0.29, 0.717) is 16.8 Å². The van der Waals surface area contributed by atoms with Crippen LogP contribution in [0.5, 0.6) is 5.75 Å². The summed E-state index contributed by atoms with van der Waals surface area (Å²) >= 11 is 1.23. The molecule has 0 saturated carbocycles. The number of aromatic nitrogens is 1. The monoisotopic (exact) mass is 469 g/mol. The van der Waals surface area contributed by atoms with Crippen molar-refractivity contribution in [3.63, 3.8) is 0 Å². The number of ether oxygens (including phenoxy) is 1. The van der Waals surface area contributed by atoms with Crippen LogP contribution in [0.1, 0.15) is 27.0 Å². The van der Waals surface area contributed by atoms with E-state index in [4.69, 9.17) is 4.74 Å². The molecule has 0 radical (unpaired) electrons. The largest absolute Gasteiger partial charge is 0.497 e. The Kier molecular flexibility index (Phi) is 6.15. The highest BCUT2D eigenvalue weighted by Crippen LogP contribution is 2.33. The molecule has 0 N–H and O–H groups in total. The standard InChI is InChI=1S/C24H18F3N3O2S/c1-15-6-11-20-21(12-15)33-23(29-20)30(28-14-16-7-9-19(32-2)10-8-16)22(31)17-4-3-5-18(13-17)24(25,26)27/h3-14H,1-2H3/b28-14+. The summed E-state index contributed by atoms with van der Waals surface area (Å²) in [6.07, 6.45) is -3.12. The fraction of sp³-hybridized carbons (Fsp3) is 0.125. The summed E-state index contributed by atoms with van der Waals surface area (Å²) in [5, 5.41) is 5.57. The molecule has 4 aromatic rings. The number of aryl methyl sites for hydroxylation is 1. The van der Waals surface area contributed by atoms with Crippen molar-refractivity contribution in [2.24, 2.45) is 5.10 Å². The highest BCUT2D eigenvalue weighted by atomic mass is 32.1. The predicted molar refractivity (Wildman–Crippen MR) is 123 cm³/mol. The Morgan fingerprint density at radius 2 is 1.85 bits per heavy atom. The number of hydrazone groups is 1. The maximum atomic E-state index is 13.3. The Bertz CT molecular complexity index is 1330. The zero-order chi connectivity index (χ0) is 23.6. The summed E-state index contributed by atoms with van der Waals surface area (Å²) in [4.78, 5) is 17.8. The molecule has 1 heterocycles. The average Bonchev–Trinajstić information content (AvgIpc) is 3.21. The third-order valence-corrected chi connectivity index (χ3v) is 5.77. The molecular formula is C24H18F3N3O2S. The van der Waals surface area contributed by atoms with Gasteiger partial charge >= 0.3 is 6.18 Å². The fourth-order valence-electron chi connectivity index (χ4n) is 3.06. The molecule has 1 amide bonds. The first-order valence-electron chi connectivity index (χ1n) is 9.81. The Morgan fingerprint density at radius 1 is 1.09 bits per heavy atom. The smallest absolute Gasteiger partial charge is 0.416 e. The van der Waals surface area contributed by atoms with E-state index in [-0.39, 0.29) is 10.7 Å². The van der Waals surface area contributed by atoms with Crippen LogP contribution >= 0.6 is 11.3 Å². The zero-order valence-electron chi connectivity index (χ0n) is 17.6. The van der Waals surface area contributed by atoms with E-state index >= 15 is 0 Å². The SMILES string of the molecule is COc1ccc(/C=N/N(C(=O)c2cccc(C(F)(F)F)c2)c2nc3ccc(C)cc3s2)cc1. The normalized spacial score (nSPS) is 11.8. The van der Waals surface area contributed by atoms with Crippen molar-refractivity contribution >= 4 is 38.8 Å². The summed E-state index contributed by atoms with van der Waals surface area (Å²) in [6.45, 7) is 1.94. The molecule has 0 unspecified atom stereocenters. The Balaban J connectivity index is 1.75. The lowest BCUT2D eigenvalue weighted by atomic mass is 10.1. The second kappa shape index (κ2) is 9.03. The maximum Gasteiger partial charge on any atom is 0.416 e. The van der Waals surface area contributed by atoms with E-state index < -0.39 is 17.6 Å². The van der Waals surface area contributed by atoms with E-state index in [2.05, 4.69) is 10.1 Å². The molecule has 0 bridgehead atoms. The number of methoxy groups -OCH3 is 1. The zero-order valence-corrected chi connectivity index (χ0v) is 18.4. The van der Waals surface area contributed by atoms with Crippen LogP contribution in [-0.2, 0) is 6.18 Å². The van der Waals surface area contributed by atoms with Gasteiger partial charge < -0.3 is 4.74 Å². The maximum absolute atomic E-state index is 13.3. The van der Waals surface area contributed by atoms with Crippen LogP contribution in [0.25, 0.3) is 10.2 Å². The number of rotatable bonds is 5. The van der Waals surface area contributed by atoms with Crippen molar-refractivity contribution < 1.29 is 22.7 Å². The number of halogens is 3. The summed E-state index contributed by atoms with van der Waals surface area (Å²) in [7, 11) is 1.55. The van der Waals surface area contributed by atoms with Crippen molar-refractivity contribution in [1.29, 1.82) is 0 Å². The lowest BCUT2D eigenvalue weighted by molar-refractivity contribution is -0.137. The number of anilines is 1. The van der Waals surface area contributed by atoms with Gasteiger partial charge in [-0.15, -0.1) is 0 Å². The Labute approximate surface area is 191 Å². The summed E-state index contributed by atoms with van der Waals surface area (Å²) in [5.41, 5.74) is 1.31. The molecule has 1 aromatic heterocycles. The van der Waals surface area contributed by atoms with Crippen LogP contribution < -0.4 is 9.75 Å². The third-order valence-electron chi connectivity index (χ3n) is 4.78. The molecule has 4 rings (SSSR count). The summed E-state index contributed by atoms with van der Waals surface area (Å²) < 4.78 is 45.5. The number of carbonyl (C=O) groups is 1.